The third-order valence-electron chi connectivity index (χ3n) is 5.07. The zero-order valence-electron chi connectivity index (χ0n) is 16.4. The Bertz CT molecular complexity index is 1140. The minimum atomic E-state index is -3.76. The van der Waals surface area contributed by atoms with E-state index < -0.39 is 15.8 Å². The maximum atomic E-state index is 13.3. The molecule has 1 saturated heterocycles. The molecule has 4 rings (SSSR count). The van der Waals surface area contributed by atoms with E-state index in [-0.39, 0.29) is 9.92 Å². The van der Waals surface area contributed by atoms with Crippen LogP contribution in [-0.2, 0) is 16.4 Å². The second-order valence-corrected chi connectivity index (χ2v) is 10.4. The quantitative estimate of drug-likeness (QED) is 0.562. The van der Waals surface area contributed by atoms with Gasteiger partial charge in [0.25, 0.3) is 0 Å². The molecular weight excluding hydrogens is 445 g/mol. The number of sulfonamides is 1. The number of piperazine rings is 1. The van der Waals surface area contributed by atoms with Gasteiger partial charge >= 0.3 is 0 Å². The Morgan fingerprint density at radius 2 is 1.80 bits per heavy atom. The highest BCUT2D eigenvalue weighted by Gasteiger charge is 2.31. The Kier molecular flexibility index (Phi) is 6.11. The van der Waals surface area contributed by atoms with E-state index in [4.69, 9.17) is 16.6 Å². The molecule has 0 unspecified atom stereocenters. The molecule has 158 valence electrons. The second-order valence-electron chi connectivity index (χ2n) is 7.25. The van der Waals surface area contributed by atoms with Gasteiger partial charge in [-0.3, -0.25) is 0 Å². The number of thiazole rings is 1. The summed E-state index contributed by atoms with van der Waals surface area (Å²) >= 11 is 7.54. The molecule has 0 saturated carbocycles. The lowest BCUT2D eigenvalue weighted by atomic mass is 10.1. The molecule has 5 nitrogen and oxygen atoms in total. The smallest absolute Gasteiger partial charge is 0.244 e. The number of benzene rings is 2. The van der Waals surface area contributed by atoms with Crippen molar-refractivity contribution in [2.24, 2.45) is 0 Å². The Balaban J connectivity index is 1.41. The summed E-state index contributed by atoms with van der Waals surface area (Å²) in [6.45, 7) is 3.78. The summed E-state index contributed by atoms with van der Waals surface area (Å²) in [7, 11) is -3.76. The Morgan fingerprint density at radius 1 is 1.10 bits per heavy atom. The molecule has 0 N–H and O–H groups in total. The van der Waals surface area contributed by atoms with Crippen LogP contribution in [0, 0.1) is 12.7 Å². The highest BCUT2D eigenvalue weighted by atomic mass is 35.5. The first-order chi connectivity index (χ1) is 14.3. The molecule has 1 aliphatic rings. The first-order valence-electron chi connectivity index (χ1n) is 9.53. The molecule has 30 heavy (non-hydrogen) atoms. The predicted octanol–water partition coefficient (Wildman–Crippen LogP) is 4.35. The van der Waals surface area contributed by atoms with Crippen LogP contribution in [0.1, 0.15) is 16.8 Å². The molecule has 0 radical (unpaired) electrons. The van der Waals surface area contributed by atoms with Crippen LogP contribution >= 0.6 is 22.9 Å². The van der Waals surface area contributed by atoms with Crippen LogP contribution in [0.4, 0.5) is 9.52 Å². The van der Waals surface area contributed by atoms with Gasteiger partial charge in [0.05, 0.1) is 10.7 Å². The fourth-order valence-electron chi connectivity index (χ4n) is 3.38. The Morgan fingerprint density at radius 3 is 2.47 bits per heavy atom. The monoisotopic (exact) mass is 465 g/mol. The van der Waals surface area contributed by atoms with E-state index in [0.717, 1.165) is 29.4 Å². The van der Waals surface area contributed by atoms with Crippen molar-refractivity contribution >= 4 is 38.1 Å². The van der Waals surface area contributed by atoms with E-state index in [1.54, 1.807) is 11.3 Å². The number of hydrogen-bond donors (Lipinski definition) is 0. The number of rotatable bonds is 5. The molecule has 0 atom stereocenters. The summed E-state index contributed by atoms with van der Waals surface area (Å²) < 4.78 is 40.4. The van der Waals surface area contributed by atoms with Gasteiger partial charge in [0.15, 0.2) is 5.13 Å². The fourth-order valence-corrected chi connectivity index (χ4v) is 6.19. The van der Waals surface area contributed by atoms with E-state index in [1.807, 2.05) is 0 Å². The number of anilines is 1. The number of aryl methyl sites for hydroxylation is 1. The number of nitrogens with zero attached hydrogens (tertiary/aromatic N) is 3. The minimum absolute atomic E-state index is 0.0614. The van der Waals surface area contributed by atoms with Crippen molar-refractivity contribution in [3.8, 4) is 0 Å². The Labute approximate surface area is 184 Å². The van der Waals surface area contributed by atoms with Crippen LogP contribution in [0.25, 0.3) is 0 Å². The van der Waals surface area contributed by atoms with E-state index in [0.29, 0.717) is 26.2 Å². The van der Waals surface area contributed by atoms with Crippen LogP contribution in [0.2, 0.25) is 5.02 Å². The average Bonchev–Trinajstić information content (AvgIpc) is 3.18. The molecule has 1 fully saturated rings. The lowest BCUT2D eigenvalue weighted by molar-refractivity contribution is 0.384. The maximum Gasteiger partial charge on any atom is 0.244 e. The summed E-state index contributed by atoms with van der Waals surface area (Å²) in [4.78, 5) is 6.77. The molecule has 2 aromatic carbocycles. The van der Waals surface area contributed by atoms with Gasteiger partial charge < -0.3 is 4.90 Å². The molecule has 9 heteroatoms. The lowest BCUT2D eigenvalue weighted by Crippen LogP contribution is -2.48. The van der Waals surface area contributed by atoms with Gasteiger partial charge in [-0.15, -0.1) is 11.3 Å². The van der Waals surface area contributed by atoms with Gasteiger partial charge in [-0.2, -0.15) is 4.31 Å². The minimum Gasteiger partial charge on any atom is -0.345 e. The van der Waals surface area contributed by atoms with E-state index in [2.05, 4.69) is 41.5 Å². The molecule has 3 aromatic rings. The summed E-state index contributed by atoms with van der Waals surface area (Å²) in [6, 6.07) is 11.8. The molecule has 0 amide bonds. The normalized spacial score (nSPS) is 15.5. The standard InChI is InChI=1S/C21H21ClFN3O2S2/c1-15-2-4-16(5-3-15)12-18-14-29-21(24-18)25-8-10-26(11-9-25)30(27,28)20-7-6-17(23)13-19(20)22/h2-7,13-14H,8-12H2,1H3. The molecule has 1 aliphatic heterocycles. The largest absolute Gasteiger partial charge is 0.345 e. The van der Waals surface area contributed by atoms with Crippen molar-refractivity contribution in [3.63, 3.8) is 0 Å². The number of halogens is 2. The van der Waals surface area contributed by atoms with Crippen molar-refractivity contribution < 1.29 is 12.8 Å². The van der Waals surface area contributed by atoms with E-state index in [1.165, 1.54) is 21.5 Å². The average molecular weight is 466 g/mol. The zero-order chi connectivity index (χ0) is 21.3. The van der Waals surface area contributed by atoms with Crippen molar-refractivity contribution in [2.75, 3.05) is 31.1 Å². The summed E-state index contributed by atoms with van der Waals surface area (Å²) in [5, 5.41) is 2.85. The first kappa shape index (κ1) is 21.2. The summed E-state index contributed by atoms with van der Waals surface area (Å²) in [5.74, 6) is -0.561. The zero-order valence-corrected chi connectivity index (χ0v) is 18.8. The predicted molar refractivity (Wildman–Crippen MR) is 118 cm³/mol. The van der Waals surface area contributed by atoms with Crippen molar-refractivity contribution in [1.29, 1.82) is 0 Å². The van der Waals surface area contributed by atoms with Crippen molar-refractivity contribution in [2.45, 2.75) is 18.2 Å². The second kappa shape index (κ2) is 8.63. The summed E-state index contributed by atoms with van der Waals surface area (Å²) in [5.41, 5.74) is 3.45. The molecule has 0 bridgehead atoms. The van der Waals surface area contributed by atoms with Gasteiger partial charge in [-0.05, 0) is 30.7 Å². The van der Waals surface area contributed by atoms with Gasteiger partial charge in [-0.1, -0.05) is 41.4 Å². The number of aromatic nitrogens is 1. The molecule has 0 spiro atoms. The van der Waals surface area contributed by atoms with Crippen molar-refractivity contribution in [3.05, 3.63) is 75.5 Å². The van der Waals surface area contributed by atoms with Crippen LogP contribution in [0.3, 0.4) is 0 Å². The van der Waals surface area contributed by atoms with Crippen LogP contribution in [-0.4, -0.2) is 43.9 Å². The molecule has 2 heterocycles. The third kappa shape index (κ3) is 4.51. The third-order valence-corrected chi connectivity index (χ3v) is 8.40. The first-order valence-corrected chi connectivity index (χ1v) is 12.2. The van der Waals surface area contributed by atoms with E-state index in [9.17, 15) is 12.8 Å². The fraction of sp³-hybridized carbons (Fsp3) is 0.286. The van der Waals surface area contributed by atoms with Crippen LogP contribution in [0.5, 0.6) is 0 Å². The number of hydrogen-bond acceptors (Lipinski definition) is 5. The highest BCUT2D eigenvalue weighted by molar-refractivity contribution is 7.89. The topological polar surface area (TPSA) is 53.5 Å². The van der Waals surface area contributed by atoms with Crippen LogP contribution in [0.15, 0.2) is 52.7 Å². The Hall–Kier alpha value is -2.00. The maximum absolute atomic E-state index is 13.3. The molecule has 1 aromatic heterocycles. The van der Waals surface area contributed by atoms with Gasteiger partial charge in [0.2, 0.25) is 10.0 Å². The van der Waals surface area contributed by atoms with Gasteiger partial charge in [-0.25, -0.2) is 17.8 Å². The molecular formula is C21H21ClFN3O2S2. The summed E-state index contributed by atoms with van der Waals surface area (Å²) in [6.07, 6.45) is 0.772. The molecule has 0 aliphatic carbocycles. The van der Waals surface area contributed by atoms with Gasteiger partial charge in [0, 0.05) is 38.0 Å². The van der Waals surface area contributed by atoms with Gasteiger partial charge in [0.1, 0.15) is 10.7 Å². The SMILES string of the molecule is Cc1ccc(Cc2csc(N3CCN(S(=O)(=O)c4ccc(F)cc4Cl)CC3)n2)cc1. The lowest BCUT2D eigenvalue weighted by Gasteiger charge is -2.33. The van der Waals surface area contributed by atoms with E-state index >= 15 is 0 Å². The highest BCUT2D eigenvalue weighted by Crippen LogP contribution is 2.28. The van der Waals surface area contributed by atoms with Crippen molar-refractivity contribution in [1.82, 2.24) is 9.29 Å². The van der Waals surface area contributed by atoms with Crippen LogP contribution < -0.4 is 4.90 Å².